The van der Waals surface area contributed by atoms with E-state index in [9.17, 15) is 4.79 Å². The quantitative estimate of drug-likeness (QED) is 0.477. The predicted octanol–water partition coefficient (Wildman–Crippen LogP) is 3.88. The maximum Gasteiger partial charge on any atom is 0.316 e. The molecule has 0 aliphatic carbocycles. The summed E-state index contributed by atoms with van der Waals surface area (Å²) in [4.78, 5) is 16.7. The fraction of sp³-hybridized carbons (Fsp3) is 0.200. The zero-order valence-corrected chi connectivity index (χ0v) is 12.6. The van der Waals surface area contributed by atoms with Crippen molar-refractivity contribution in [2.24, 2.45) is 0 Å². The Bertz CT molecular complexity index is 587. The van der Waals surface area contributed by atoms with Gasteiger partial charge in [0.15, 0.2) is 0 Å². The van der Waals surface area contributed by atoms with E-state index < -0.39 is 0 Å². The lowest BCUT2D eigenvalue weighted by Crippen LogP contribution is -2.07. The first kappa shape index (κ1) is 14.9. The van der Waals surface area contributed by atoms with E-state index in [1.807, 2.05) is 31.2 Å². The van der Waals surface area contributed by atoms with Gasteiger partial charge in [-0.15, -0.1) is 11.8 Å². The van der Waals surface area contributed by atoms with Gasteiger partial charge < -0.3 is 4.74 Å². The lowest BCUT2D eigenvalue weighted by atomic mass is 10.2. The molecule has 2 rings (SSSR count). The van der Waals surface area contributed by atoms with Crippen LogP contribution in [0, 0.1) is 6.92 Å². The van der Waals surface area contributed by atoms with Crippen molar-refractivity contribution in [3.8, 4) is 0 Å². The van der Waals surface area contributed by atoms with E-state index in [4.69, 9.17) is 16.3 Å². The highest BCUT2D eigenvalue weighted by Gasteiger charge is 2.06. The number of halogens is 1. The number of thioether (sulfide) groups is 1. The molecule has 20 heavy (non-hydrogen) atoms. The molecule has 0 spiro atoms. The molecule has 3 nitrogen and oxygen atoms in total. The van der Waals surface area contributed by atoms with Gasteiger partial charge in [-0.2, -0.15) is 0 Å². The molecule has 0 fully saturated rings. The van der Waals surface area contributed by atoms with Gasteiger partial charge in [-0.3, -0.25) is 4.79 Å². The second kappa shape index (κ2) is 7.31. The summed E-state index contributed by atoms with van der Waals surface area (Å²) in [7, 11) is 0. The van der Waals surface area contributed by atoms with Gasteiger partial charge in [-0.25, -0.2) is 4.98 Å². The Morgan fingerprint density at radius 2 is 2.10 bits per heavy atom. The molecule has 0 saturated heterocycles. The molecule has 5 heteroatoms. The van der Waals surface area contributed by atoms with Crippen molar-refractivity contribution in [2.45, 2.75) is 18.4 Å². The highest BCUT2D eigenvalue weighted by molar-refractivity contribution is 8.00. The molecular weight excluding hydrogens is 294 g/mol. The normalized spacial score (nSPS) is 10.3. The molecule has 1 heterocycles. The molecule has 2 aromatic rings. The summed E-state index contributed by atoms with van der Waals surface area (Å²) in [5.74, 6) is 0.0551. The average Bonchev–Trinajstić information content (AvgIpc) is 2.46. The van der Waals surface area contributed by atoms with Crippen LogP contribution in [0.3, 0.4) is 0 Å². The molecule has 0 amide bonds. The van der Waals surface area contributed by atoms with Crippen LogP contribution in [-0.2, 0) is 16.1 Å². The Labute approximate surface area is 127 Å². The summed E-state index contributed by atoms with van der Waals surface area (Å²) in [6.45, 7) is 2.24. The third kappa shape index (κ3) is 4.54. The number of ether oxygens (including phenoxy) is 1. The summed E-state index contributed by atoms with van der Waals surface area (Å²) in [6, 6.07) is 11.4. The van der Waals surface area contributed by atoms with Crippen molar-refractivity contribution in [3.63, 3.8) is 0 Å². The number of hydrogen-bond donors (Lipinski definition) is 0. The van der Waals surface area contributed by atoms with Crippen LogP contribution in [0.4, 0.5) is 0 Å². The number of carbonyl (C=O) groups excluding carboxylic acids is 1. The zero-order valence-electron chi connectivity index (χ0n) is 11.0. The van der Waals surface area contributed by atoms with E-state index in [-0.39, 0.29) is 12.6 Å². The molecule has 0 bridgehead atoms. The number of hydrogen-bond acceptors (Lipinski definition) is 4. The van der Waals surface area contributed by atoms with Crippen molar-refractivity contribution in [1.29, 1.82) is 0 Å². The molecule has 1 aromatic heterocycles. The Balaban J connectivity index is 1.78. The second-order valence-electron chi connectivity index (χ2n) is 4.20. The van der Waals surface area contributed by atoms with Crippen LogP contribution >= 0.6 is 23.4 Å². The van der Waals surface area contributed by atoms with Crippen LogP contribution in [0.1, 0.15) is 11.1 Å². The lowest BCUT2D eigenvalue weighted by Gasteiger charge is -2.06. The number of benzene rings is 1. The number of carbonyl (C=O) groups is 1. The number of aromatic nitrogens is 1. The molecular formula is C15H14ClNO2S. The highest BCUT2D eigenvalue weighted by atomic mass is 35.5. The van der Waals surface area contributed by atoms with Gasteiger partial charge in [0, 0.05) is 16.7 Å². The van der Waals surface area contributed by atoms with Crippen LogP contribution in [0.5, 0.6) is 0 Å². The summed E-state index contributed by atoms with van der Waals surface area (Å²) in [6.07, 6.45) is 1.60. The first-order valence-electron chi connectivity index (χ1n) is 6.09. The number of aryl methyl sites for hydroxylation is 1. The highest BCUT2D eigenvalue weighted by Crippen LogP contribution is 2.21. The van der Waals surface area contributed by atoms with Gasteiger partial charge in [-0.1, -0.05) is 35.9 Å². The monoisotopic (exact) mass is 307 g/mol. The summed E-state index contributed by atoms with van der Waals surface area (Å²) in [5, 5.41) is 0.426. The van der Waals surface area contributed by atoms with Crippen molar-refractivity contribution >= 4 is 29.3 Å². The van der Waals surface area contributed by atoms with Crippen LogP contribution in [0.15, 0.2) is 47.5 Å². The Morgan fingerprint density at radius 1 is 1.30 bits per heavy atom. The number of rotatable bonds is 5. The fourth-order valence-corrected chi connectivity index (χ4v) is 2.49. The van der Waals surface area contributed by atoms with Gasteiger partial charge in [-0.05, 0) is 24.6 Å². The van der Waals surface area contributed by atoms with E-state index >= 15 is 0 Å². The molecule has 0 N–H and O–H groups in total. The minimum absolute atomic E-state index is 0.220. The molecule has 0 saturated carbocycles. The molecule has 0 radical (unpaired) electrons. The minimum atomic E-state index is -0.242. The van der Waals surface area contributed by atoms with E-state index in [1.54, 1.807) is 18.3 Å². The maximum atomic E-state index is 11.7. The van der Waals surface area contributed by atoms with Crippen molar-refractivity contribution in [2.75, 3.05) is 5.75 Å². The van der Waals surface area contributed by atoms with Gasteiger partial charge in [0.25, 0.3) is 0 Å². The second-order valence-corrected chi connectivity index (χ2v) is 5.61. The first-order chi connectivity index (χ1) is 9.65. The third-order valence-corrected chi connectivity index (χ3v) is 4.00. The van der Waals surface area contributed by atoms with Crippen molar-refractivity contribution < 1.29 is 9.53 Å². The molecule has 0 atom stereocenters. The molecule has 0 aliphatic heterocycles. The number of esters is 1. The van der Waals surface area contributed by atoms with E-state index in [1.165, 1.54) is 11.8 Å². The Morgan fingerprint density at radius 3 is 2.80 bits per heavy atom. The van der Waals surface area contributed by atoms with Crippen molar-refractivity contribution in [3.05, 3.63) is 58.9 Å². The van der Waals surface area contributed by atoms with E-state index in [2.05, 4.69) is 4.98 Å². The average molecular weight is 308 g/mol. The molecule has 1 aromatic carbocycles. The molecule has 0 unspecified atom stereocenters. The van der Waals surface area contributed by atoms with E-state index in [0.29, 0.717) is 10.9 Å². The zero-order chi connectivity index (χ0) is 14.4. The Kier molecular flexibility index (Phi) is 5.44. The standard InChI is InChI=1S/C15H14ClNO2S/c1-11-4-2-3-5-13(11)20-10-15(18)19-9-12-6-7-14(16)17-8-12/h2-8H,9-10H2,1H3. The van der Waals surface area contributed by atoms with Gasteiger partial charge >= 0.3 is 5.97 Å². The predicted molar refractivity (Wildman–Crippen MR) is 80.9 cm³/mol. The van der Waals surface area contributed by atoms with Crippen LogP contribution < -0.4 is 0 Å². The molecule has 104 valence electrons. The van der Waals surface area contributed by atoms with Gasteiger partial charge in [0.05, 0.1) is 5.75 Å². The first-order valence-corrected chi connectivity index (χ1v) is 7.46. The number of pyridine rings is 1. The minimum Gasteiger partial charge on any atom is -0.460 e. The fourth-order valence-electron chi connectivity index (χ4n) is 1.55. The smallest absolute Gasteiger partial charge is 0.316 e. The van der Waals surface area contributed by atoms with Crippen molar-refractivity contribution in [1.82, 2.24) is 4.98 Å². The summed E-state index contributed by atoms with van der Waals surface area (Å²) in [5.41, 5.74) is 1.98. The Hall–Kier alpha value is -1.52. The maximum absolute atomic E-state index is 11.7. The molecule has 0 aliphatic rings. The van der Waals surface area contributed by atoms with Gasteiger partial charge in [0.2, 0.25) is 0 Å². The summed E-state index contributed by atoms with van der Waals surface area (Å²) < 4.78 is 5.19. The van der Waals surface area contributed by atoms with Crippen LogP contribution in [0.25, 0.3) is 0 Å². The SMILES string of the molecule is Cc1ccccc1SCC(=O)OCc1ccc(Cl)nc1. The summed E-state index contributed by atoms with van der Waals surface area (Å²) >= 11 is 7.17. The largest absolute Gasteiger partial charge is 0.460 e. The van der Waals surface area contributed by atoms with Crippen LogP contribution in [0.2, 0.25) is 5.15 Å². The topological polar surface area (TPSA) is 39.2 Å². The number of nitrogens with zero attached hydrogens (tertiary/aromatic N) is 1. The lowest BCUT2D eigenvalue weighted by molar-refractivity contribution is -0.141. The third-order valence-electron chi connectivity index (χ3n) is 2.63. The van der Waals surface area contributed by atoms with E-state index in [0.717, 1.165) is 16.0 Å². The van der Waals surface area contributed by atoms with Gasteiger partial charge in [0.1, 0.15) is 11.8 Å². The van der Waals surface area contributed by atoms with Crippen LogP contribution in [-0.4, -0.2) is 16.7 Å².